The number of benzene rings is 2. The lowest BCUT2D eigenvalue weighted by Crippen LogP contribution is -2.03. The van der Waals surface area contributed by atoms with Crippen molar-refractivity contribution in [2.75, 3.05) is 19.5 Å². The van der Waals surface area contributed by atoms with Gasteiger partial charge in [-0.1, -0.05) is 30.3 Å². The number of pyridine rings is 1. The first kappa shape index (κ1) is 17.7. The minimum Gasteiger partial charge on any atom is -0.497 e. The van der Waals surface area contributed by atoms with Crippen LogP contribution in [0.5, 0.6) is 11.5 Å². The highest BCUT2D eigenvalue weighted by Gasteiger charge is 2.12. The SMILES string of the molecule is COc1ccc(OC)c(Nc2nnc(Cc3cccnc3)c3ccccc23)c1. The standard InChI is InChI=1S/C22H20N4O2/c1-27-16-9-10-21(28-2)20(13-16)24-22-18-8-4-3-7-17(18)19(25-26-22)12-15-6-5-11-23-14-15/h3-11,13-14H,12H2,1-2H3,(H,24,26). The van der Waals surface area contributed by atoms with Crippen LogP contribution in [-0.2, 0) is 6.42 Å². The molecule has 1 N–H and O–H groups in total. The van der Waals surface area contributed by atoms with Crippen molar-refractivity contribution in [2.24, 2.45) is 0 Å². The van der Waals surface area contributed by atoms with Crippen molar-refractivity contribution >= 4 is 22.3 Å². The maximum absolute atomic E-state index is 5.46. The number of hydrogen-bond donors (Lipinski definition) is 1. The summed E-state index contributed by atoms with van der Waals surface area (Å²) in [5.74, 6) is 2.09. The molecule has 4 rings (SSSR count). The Morgan fingerprint density at radius 1 is 0.893 bits per heavy atom. The van der Waals surface area contributed by atoms with Crippen LogP contribution in [0.15, 0.2) is 67.0 Å². The van der Waals surface area contributed by atoms with Crippen LogP contribution in [-0.4, -0.2) is 29.4 Å². The van der Waals surface area contributed by atoms with Crippen LogP contribution >= 0.6 is 0 Å². The topological polar surface area (TPSA) is 69.2 Å². The smallest absolute Gasteiger partial charge is 0.161 e. The van der Waals surface area contributed by atoms with Crippen LogP contribution in [0.25, 0.3) is 10.8 Å². The molecule has 6 heteroatoms. The molecule has 2 aromatic carbocycles. The van der Waals surface area contributed by atoms with Crippen LogP contribution in [0.1, 0.15) is 11.3 Å². The zero-order valence-corrected chi connectivity index (χ0v) is 15.7. The van der Waals surface area contributed by atoms with E-state index in [1.807, 2.05) is 54.7 Å². The van der Waals surface area contributed by atoms with Gasteiger partial charge < -0.3 is 14.8 Å². The molecule has 0 unspecified atom stereocenters. The molecule has 140 valence electrons. The van der Waals surface area contributed by atoms with Gasteiger partial charge in [-0.15, -0.1) is 5.10 Å². The Hall–Kier alpha value is -3.67. The Labute approximate surface area is 163 Å². The number of fused-ring (bicyclic) bond motifs is 1. The Balaban J connectivity index is 1.74. The maximum atomic E-state index is 5.46. The summed E-state index contributed by atoms with van der Waals surface area (Å²) in [4.78, 5) is 4.18. The zero-order valence-electron chi connectivity index (χ0n) is 15.7. The van der Waals surface area contributed by atoms with Gasteiger partial charge in [0.2, 0.25) is 0 Å². The largest absolute Gasteiger partial charge is 0.497 e. The number of methoxy groups -OCH3 is 2. The maximum Gasteiger partial charge on any atom is 0.161 e. The van der Waals surface area contributed by atoms with E-state index >= 15 is 0 Å². The highest BCUT2D eigenvalue weighted by Crippen LogP contribution is 2.33. The third kappa shape index (κ3) is 3.57. The van der Waals surface area contributed by atoms with Crippen molar-refractivity contribution < 1.29 is 9.47 Å². The van der Waals surface area contributed by atoms with Gasteiger partial charge in [-0.05, 0) is 23.8 Å². The van der Waals surface area contributed by atoms with Crippen molar-refractivity contribution in [3.05, 3.63) is 78.2 Å². The minimum atomic E-state index is 0.664. The first-order valence-electron chi connectivity index (χ1n) is 8.90. The number of aromatic nitrogens is 3. The molecule has 0 saturated carbocycles. The van der Waals surface area contributed by atoms with Crippen LogP contribution in [0.3, 0.4) is 0 Å². The summed E-state index contributed by atoms with van der Waals surface area (Å²) in [5.41, 5.74) is 2.77. The number of nitrogens with one attached hydrogen (secondary N) is 1. The fourth-order valence-electron chi connectivity index (χ4n) is 3.12. The number of ether oxygens (including phenoxy) is 2. The van der Waals surface area contributed by atoms with E-state index in [9.17, 15) is 0 Å². The highest BCUT2D eigenvalue weighted by atomic mass is 16.5. The van der Waals surface area contributed by atoms with E-state index in [0.29, 0.717) is 18.0 Å². The van der Waals surface area contributed by atoms with Gasteiger partial charge in [0, 0.05) is 35.7 Å². The molecule has 28 heavy (non-hydrogen) atoms. The van der Waals surface area contributed by atoms with Gasteiger partial charge in [0.15, 0.2) is 5.82 Å². The summed E-state index contributed by atoms with van der Waals surface area (Å²) >= 11 is 0. The zero-order chi connectivity index (χ0) is 19.3. The molecule has 2 aromatic heterocycles. The molecule has 6 nitrogen and oxygen atoms in total. The van der Waals surface area contributed by atoms with E-state index in [-0.39, 0.29) is 0 Å². The second-order valence-electron chi connectivity index (χ2n) is 6.27. The number of anilines is 2. The van der Waals surface area contributed by atoms with Gasteiger partial charge in [-0.3, -0.25) is 4.98 Å². The summed E-state index contributed by atoms with van der Waals surface area (Å²) in [7, 11) is 3.27. The number of nitrogens with zero attached hydrogens (tertiary/aromatic N) is 3. The molecule has 0 aliphatic carbocycles. The first-order valence-corrected chi connectivity index (χ1v) is 8.90. The number of rotatable bonds is 6. The van der Waals surface area contributed by atoms with Crippen LogP contribution in [0.4, 0.5) is 11.5 Å². The normalized spacial score (nSPS) is 10.6. The van der Waals surface area contributed by atoms with Gasteiger partial charge in [0.05, 0.1) is 25.6 Å². The molecular weight excluding hydrogens is 352 g/mol. The predicted octanol–water partition coefficient (Wildman–Crippen LogP) is 4.38. The van der Waals surface area contributed by atoms with Crippen molar-refractivity contribution in [2.45, 2.75) is 6.42 Å². The molecular formula is C22H20N4O2. The van der Waals surface area contributed by atoms with Gasteiger partial charge >= 0.3 is 0 Å². The quantitative estimate of drug-likeness (QED) is 0.542. The molecule has 0 saturated heterocycles. The molecule has 0 radical (unpaired) electrons. The summed E-state index contributed by atoms with van der Waals surface area (Å²) in [6.45, 7) is 0. The highest BCUT2D eigenvalue weighted by molar-refractivity contribution is 5.95. The third-order valence-electron chi connectivity index (χ3n) is 4.52. The minimum absolute atomic E-state index is 0.664. The van der Waals surface area contributed by atoms with Crippen LogP contribution in [0, 0.1) is 0 Å². The average Bonchev–Trinajstić information content (AvgIpc) is 2.76. The van der Waals surface area contributed by atoms with Gasteiger partial charge in [-0.2, -0.15) is 5.10 Å². The molecule has 0 aliphatic heterocycles. The average molecular weight is 372 g/mol. The Kier molecular flexibility index (Phi) is 5.01. The van der Waals surface area contributed by atoms with E-state index in [1.54, 1.807) is 20.4 Å². The monoisotopic (exact) mass is 372 g/mol. The fourth-order valence-corrected chi connectivity index (χ4v) is 3.12. The second-order valence-corrected chi connectivity index (χ2v) is 6.27. The van der Waals surface area contributed by atoms with E-state index < -0.39 is 0 Å². The molecule has 2 heterocycles. The third-order valence-corrected chi connectivity index (χ3v) is 4.52. The lowest BCUT2D eigenvalue weighted by atomic mass is 10.1. The first-order chi connectivity index (χ1) is 13.8. The van der Waals surface area contributed by atoms with Crippen LogP contribution in [0.2, 0.25) is 0 Å². The molecule has 0 atom stereocenters. The van der Waals surface area contributed by atoms with E-state index in [1.165, 1.54) is 0 Å². The van der Waals surface area contributed by atoms with Gasteiger partial charge in [0.1, 0.15) is 11.5 Å². The lowest BCUT2D eigenvalue weighted by molar-refractivity contribution is 0.405. The molecule has 0 spiro atoms. The Bertz CT molecular complexity index is 1100. The summed E-state index contributed by atoms with van der Waals surface area (Å²) in [5, 5.41) is 14.3. The predicted molar refractivity (Wildman–Crippen MR) is 109 cm³/mol. The molecule has 0 amide bonds. The molecule has 0 aliphatic rings. The molecule has 4 aromatic rings. The van der Waals surface area contributed by atoms with E-state index in [2.05, 4.69) is 26.6 Å². The summed E-state index contributed by atoms with van der Waals surface area (Å²) in [6, 6.07) is 17.6. The van der Waals surface area contributed by atoms with E-state index in [0.717, 1.165) is 33.5 Å². The molecule has 0 fully saturated rings. The Morgan fingerprint density at radius 3 is 2.50 bits per heavy atom. The second kappa shape index (κ2) is 7.92. The lowest BCUT2D eigenvalue weighted by Gasteiger charge is -2.14. The number of hydrogen-bond acceptors (Lipinski definition) is 6. The van der Waals surface area contributed by atoms with E-state index in [4.69, 9.17) is 9.47 Å². The van der Waals surface area contributed by atoms with Gasteiger partial charge in [-0.25, -0.2) is 0 Å². The summed E-state index contributed by atoms with van der Waals surface area (Å²) in [6.07, 6.45) is 4.29. The van der Waals surface area contributed by atoms with Crippen LogP contribution < -0.4 is 14.8 Å². The van der Waals surface area contributed by atoms with Gasteiger partial charge in [0.25, 0.3) is 0 Å². The van der Waals surface area contributed by atoms with Crippen molar-refractivity contribution in [3.8, 4) is 11.5 Å². The van der Waals surface area contributed by atoms with Crippen molar-refractivity contribution in [1.29, 1.82) is 0 Å². The molecule has 0 bridgehead atoms. The Morgan fingerprint density at radius 2 is 1.75 bits per heavy atom. The van der Waals surface area contributed by atoms with Crippen molar-refractivity contribution in [3.63, 3.8) is 0 Å². The summed E-state index contributed by atoms with van der Waals surface area (Å²) < 4.78 is 10.8. The fraction of sp³-hybridized carbons (Fsp3) is 0.136. The van der Waals surface area contributed by atoms with Crippen molar-refractivity contribution in [1.82, 2.24) is 15.2 Å².